The second-order valence-electron chi connectivity index (χ2n) is 9.05. The first-order valence-electron chi connectivity index (χ1n) is 11.8. The third-order valence-corrected chi connectivity index (χ3v) is 8.67. The number of sulfonamides is 1. The molecule has 1 saturated heterocycles. The Morgan fingerprint density at radius 3 is 2.61 bits per heavy atom. The molecule has 1 aliphatic heterocycles. The zero-order valence-corrected chi connectivity index (χ0v) is 22.2. The highest BCUT2D eigenvalue weighted by atomic mass is 32.2. The van der Waals surface area contributed by atoms with Crippen LogP contribution >= 0.6 is 11.8 Å². The highest BCUT2D eigenvalue weighted by Crippen LogP contribution is 2.25. The molecule has 192 valence electrons. The fourth-order valence-corrected chi connectivity index (χ4v) is 6.18. The monoisotopic (exact) mass is 530 g/mol. The molecule has 0 unspecified atom stereocenters. The standard InChI is InChI=1S/C25H30N4O5S2/c1-17(2)15-29-24(31)20-6-4-5-7-21(20)27-25(29)35-16-23(30)26-22-14-19(9-8-18(22)3)36(32,33)28-10-12-34-13-11-28/h4-9,14,17H,10-13,15-16H2,1-3H3,(H,26,30). The number of hydrogen-bond acceptors (Lipinski definition) is 7. The van der Waals surface area contributed by atoms with Gasteiger partial charge in [-0.05, 0) is 42.7 Å². The highest BCUT2D eigenvalue weighted by molar-refractivity contribution is 7.99. The van der Waals surface area contributed by atoms with Gasteiger partial charge in [-0.15, -0.1) is 0 Å². The number of rotatable bonds is 8. The predicted molar refractivity (Wildman–Crippen MR) is 141 cm³/mol. The predicted octanol–water partition coefficient (Wildman–Crippen LogP) is 3.11. The first-order chi connectivity index (χ1) is 17.2. The fourth-order valence-electron chi connectivity index (χ4n) is 3.93. The van der Waals surface area contributed by atoms with Gasteiger partial charge in [-0.3, -0.25) is 14.2 Å². The number of hydrogen-bond donors (Lipinski definition) is 1. The van der Waals surface area contributed by atoms with Crippen molar-refractivity contribution in [1.29, 1.82) is 0 Å². The van der Waals surface area contributed by atoms with Crippen LogP contribution in [0.4, 0.5) is 5.69 Å². The number of morpholine rings is 1. The van der Waals surface area contributed by atoms with Gasteiger partial charge in [-0.2, -0.15) is 4.31 Å². The molecule has 0 atom stereocenters. The molecule has 3 aromatic rings. The maximum atomic E-state index is 13.1. The van der Waals surface area contributed by atoms with E-state index in [1.54, 1.807) is 41.8 Å². The SMILES string of the molecule is Cc1ccc(S(=O)(=O)N2CCOCC2)cc1NC(=O)CSc1nc2ccccc2c(=O)n1CC(C)C. The molecule has 0 bridgehead atoms. The molecule has 1 fully saturated rings. The zero-order chi connectivity index (χ0) is 25.9. The van der Waals surface area contributed by atoms with Gasteiger partial charge in [0.25, 0.3) is 5.56 Å². The Morgan fingerprint density at radius 2 is 1.89 bits per heavy atom. The van der Waals surface area contributed by atoms with Gasteiger partial charge < -0.3 is 10.1 Å². The van der Waals surface area contributed by atoms with E-state index in [4.69, 9.17) is 4.74 Å². The number of para-hydroxylation sites is 1. The summed E-state index contributed by atoms with van der Waals surface area (Å²) >= 11 is 1.18. The van der Waals surface area contributed by atoms with Gasteiger partial charge in [-0.25, -0.2) is 13.4 Å². The molecule has 9 nitrogen and oxygen atoms in total. The largest absolute Gasteiger partial charge is 0.379 e. The Balaban J connectivity index is 1.53. The fraction of sp³-hybridized carbons (Fsp3) is 0.400. The van der Waals surface area contributed by atoms with Gasteiger partial charge in [0.05, 0.1) is 34.8 Å². The molecule has 36 heavy (non-hydrogen) atoms. The van der Waals surface area contributed by atoms with E-state index in [9.17, 15) is 18.0 Å². The van der Waals surface area contributed by atoms with E-state index in [0.717, 1.165) is 5.56 Å². The van der Waals surface area contributed by atoms with Crippen LogP contribution in [0.15, 0.2) is 57.3 Å². The van der Waals surface area contributed by atoms with E-state index in [1.807, 2.05) is 19.9 Å². The number of nitrogens with one attached hydrogen (secondary N) is 1. The molecule has 1 aliphatic rings. The van der Waals surface area contributed by atoms with Crippen molar-refractivity contribution in [3.05, 3.63) is 58.4 Å². The summed E-state index contributed by atoms with van der Waals surface area (Å²) in [5.74, 6) is -0.0804. The second-order valence-corrected chi connectivity index (χ2v) is 11.9. The van der Waals surface area contributed by atoms with Crippen LogP contribution in [0.5, 0.6) is 0 Å². The highest BCUT2D eigenvalue weighted by Gasteiger charge is 2.27. The molecular weight excluding hydrogens is 500 g/mol. The number of carbonyl (C=O) groups is 1. The number of aromatic nitrogens is 2. The molecule has 0 saturated carbocycles. The summed E-state index contributed by atoms with van der Waals surface area (Å²) in [5, 5.41) is 3.84. The number of ether oxygens (including phenoxy) is 1. The number of nitrogens with zero attached hydrogens (tertiary/aromatic N) is 3. The van der Waals surface area contributed by atoms with Crippen molar-refractivity contribution in [1.82, 2.24) is 13.9 Å². The molecule has 0 aliphatic carbocycles. The number of aryl methyl sites for hydroxylation is 1. The summed E-state index contributed by atoms with van der Waals surface area (Å²) in [5.41, 5.74) is 1.63. The molecule has 1 N–H and O–H groups in total. The number of fused-ring (bicyclic) bond motifs is 1. The third kappa shape index (κ3) is 5.80. The lowest BCUT2D eigenvalue weighted by Crippen LogP contribution is -2.40. The Kier molecular flexibility index (Phi) is 8.13. The maximum Gasteiger partial charge on any atom is 0.262 e. The molecule has 1 aromatic heterocycles. The maximum absolute atomic E-state index is 13.1. The topological polar surface area (TPSA) is 111 Å². The Hall–Kier alpha value is -2.73. The summed E-state index contributed by atoms with van der Waals surface area (Å²) in [4.78, 5) is 30.7. The van der Waals surface area contributed by atoms with Crippen LogP contribution in [0, 0.1) is 12.8 Å². The van der Waals surface area contributed by atoms with Crippen LogP contribution in [-0.4, -0.2) is 60.2 Å². The van der Waals surface area contributed by atoms with E-state index in [0.29, 0.717) is 54.6 Å². The number of anilines is 1. The summed E-state index contributed by atoms with van der Waals surface area (Å²) in [6.07, 6.45) is 0. The van der Waals surface area contributed by atoms with Crippen LogP contribution in [0.3, 0.4) is 0 Å². The Morgan fingerprint density at radius 1 is 1.17 bits per heavy atom. The van der Waals surface area contributed by atoms with Crippen molar-refractivity contribution in [2.45, 2.75) is 37.4 Å². The molecule has 0 spiro atoms. The van der Waals surface area contributed by atoms with E-state index < -0.39 is 10.0 Å². The third-order valence-electron chi connectivity index (χ3n) is 5.80. The average molecular weight is 531 g/mol. The molecule has 0 radical (unpaired) electrons. The quantitative estimate of drug-likeness (QED) is 0.352. The van der Waals surface area contributed by atoms with E-state index in [1.165, 1.54) is 22.1 Å². The van der Waals surface area contributed by atoms with Gasteiger partial charge >= 0.3 is 0 Å². The van der Waals surface area contributed by atoms with Crippen molar-refractivity contribution < 1.29 is 17.9 Å². The minimum absolute atomic E-state index is 0.0166. The van der Waals surface area contributed by atoms with Crippen LogP contribution < -0.4 is 10.9 Å². The molecule has 11 heteroatoms. The van der Waals surface area contributed by atoms with E-state index >= 15 is 0 Å². The van der Waals surface area contributed by atoms with Gasteiger partial charge in [0.1, 0.15) is 0 Å². The number of amides is 1. The van der Waals surface area contributed by atoms with Gasteiger partial charge in [0, 0.05) is 25.3 Å². The van der Waals surface area contributed by atoms with Crippen LogP contribution in [0.25, 0.3) is 10.9 Å². The van der Waals surface area contributed by atoms with E-state index in [-0.39, 0.29) is 28.0 Å². The number of thioether (sulfide) groups is 1. The second kappa shape index (κ2) is 11.1. The van der Waals surface area contributed by atoms with Crippen molar-refractivity contribution in [3.63, 3.8) is 0 Å². The van der Waals surface area contributed by atoms with E-state index in [2.05, 4.69) is 10.3 Å². The zero-order valence-electron chi connectivity index (χ0n) is 20.6. The lowest BCUT2D eigenvalue weighted by Gasteiger charge is -2.26. The minimum atomic E-state index is -3.69. The van der Waals surface area contributed by atoms with Crippen molar-refractivity contribution in [2.24, 2.45) is 5.92 Å². The van der Waals surface area contributed by atoms with Gasteiger partial charge in [0.15, 0.2) is 5.16 Å². The average Bonchev–Trinajstić information content (AvgIpc) is 2.86. The summed E-state index contributed by atoms with van der Waals surface area (Å²) < 4.78 is 34.3. The van der Waals surface area contributed by atoms with Crippen molar-refractivity contribution in [3.8, 4) is 0 Å². The van der Waals surface area contributed by atoms with Gasteiger partial charge in [-0.1, -0.05) is 43.8 Å². The van der Waals surface area contributed by atoms with Crippen molar-refractivity contribution >= 4 is 44.3 Å². The molecular formula is C25H30N4O5S2. The Labute approximate surface area is 214 Å². The number of benzene rings is 2. The summed E-state index contributed by atoms with van der Waals surface area (Å²) in [6, 6.07) is 11.9. The molecule has 2 aromatic carbocycles. The van der Waals surface area contributed by atoms with Crippen LogP contribution in [0.2, 0.25) is 0 Å². The Bertz CT molecular complexity index is 1430. The van der Waals surface area contributed by atoms with Crippen LogP contribution in [0.1, 0.15) is 19.4 Å². The number of carbonyl (C=O) groups excluding carboxylic acids is 1. The summed E-state index contributed by atoms with van der Waals surface area (Å²) in [6.45, 7) is 7.64. The summed E-state index contributed by atoms with van der Waals surface area (Å²) in [7, 11) is -3.69. The van der Waals surface area contributed by atoms with Crippen LogP contribution in [-0.2, 0) is 26.1 Å². The minimum Gasteiger partial charge on any atom is -0.379 e. The lowest BCUT2D eigenvalue weighted by atomic mass is 10.2. The normalized spacial score (nSPS) is 14.9. The molecule has 1 amide bonds. The first kappa shape index (κ1) is 26.3. The smallest absolute Gasteiger partial charge is 0.262 e. The van der Waals surface area contributed by atoms with Gasteiger partial charge in [0.2, 0.25) is 15.9 Å². The van der Waals surface area contributed by atoms with Crippen molar-refractivity contribution in [2.75, 3.05) is 37.4 Å². The lowest BCUT2D eigenvalue weighted by molar-refractivity contribution is -0.113. The molecule has 2 heterocycles. The first-order valence-corrected chi connectivity index (χ1v) is 14.2. The molecule has 4 rings (SSSR count).